The van der Waals surface area contributed by atoms with Gasteiger partial charge < -0.3 is 5.32 Å². The molecule has 0 radical (unpaired) electrons. The molecule has 0 saturated heterocycles. The van der Waals surface area contributed by atoms with Crippen molar-refractivity contribution in [1.29, 1.82) is 0 Å². The van der Waals surface area contributed by atoms with Crippen molar-refractivity contribution in [3.05, 3.63) is 51.2 Å². The highest BCUT2D eigenvalue weighted by Gasteiger charge is 2.32. The molecule has 0 fully saturated rings. The monoisotopic (exact) mass is 285 g/mol. The van der Waals surface area contributed by atoms with E-state index >= 15 is 0 Å². The number of alkyl halides is 3. The summed E-state index contributed by atoms with van der Waals surface area (Å²) < 4.78 is 38.3. The lowest BCUT2D eigenvalue weighted by molar-refractivity contribution is -0.138. The van der Waals surface area contributed by atoms with Gasteiger partial charge in [-0.1, -0.05) is 6.07 Å². The van der Waals surface area contributed by atoms with Gasteiger partial charge in [-0.25, -0.2) is 0 Å². The summed E-state index contributed by atoms with van der Waals surface area (Å²) in [7, 11) is 0. The largest absolute Gasteiger partial charge is 0.416 e. The minimum atomic E-state index is -4.30. The van der Waals surface area contributed by atoms with Crippen molar-refractivity contribution in [2.45, 2.75) is 26.6 Å². The molecular weight excluding hydrogens is 271 g/mol. The Morgan fingerprint density at radius 1 is 1.11 bits per heavy atom. The summed E-state index contributed by atoms with van der Waals surface area (Å²) in [5.74, 6) is 0. The SMILES string of the molecule is Cc1ccc(CNc2ccc(C)c(C(F)(F)F)c2)s1. The van der Waals surface area contributed by atoms with E-state index in [4.69, 9.17) is 0 Å². The summed E-state index contributed by atoms with van der Waals surface area (Å²) in [5.41, 5.74) is 0.147. The van der Waals surface area contributed by atoms with Gasteiger partial charge in [-0.15, -0.1) is 11.3 Å². The Morgan fingerprint density at radius 3 is 2.42 bits per heavy atom. The fraction of sp³-hybridized carbons (Fsp3) is 0.286. The van der Waals surface area contributed by atoms with Gasteiger partial charge in [-0.05, 0) is 43.7 Å². The highest BCUT2D eigenvalue weighted by atomic mass is 32.1. The van der Waals surface area contributed by atoms with Crippen LogP contribution in [0.1, 0.15) is 20.9 Å². The Labute approximate surface area is 114 Å². The van der Waals surface area contributed by atoms with E-state index in [1.165, 1.54) is 17.9 Å². The predicted octanol–water partition coefficient (Wildman–Crippen LogP) is 5.00. The minimum absolute atomic E-state index is 0.241. The average molecular weight is 285 g/mol. The molecule has 0 amide bonds. The number of benzene rings is 1. The number of anilines is 1. The molecule has 1 aromatic carbocycles. The number of hydrogen-bond acceptors (Lipinski definition) is 2. The molecule has 0 aliphatic heterocycles. The maximum Gasteiger partial charge on any atom is 0.416 e. The van der Waals surface area contributed by atoms with Crippen LogP contribution in [-0.2, 0) is 12.7 Å². The number of thiophene rings is 1. The Balaban J connectivity index is 2.13. The molecule has 1 N–H and O–H groups in total. The van der Waals surface area contributed by atoms with Crippen LogP contribution in [0.25, 0.3) is 0 Å². The average Bonchev–Trinajstić information content (AvgIpc) is 2.72. The molecule has 1 heterocycles. The summed E-state index contributed by atoms with van der Waals surface area (Å²) >= 11 is 1.64. The van der Waals surface area contributed by atoms with E-state index in [0.717, 1.165) is 10.9 Å². The van der Waals surface area contributed by atoms with Gasteiger partial charge >= 0.3 is 6.18 Å². The van der Waals surface area contributed by atoms with E-state index in [1.54, 1.807) is 17.4 Å². The highest BCUT2D eigenvalue weighted by molar-refractivity contribution is 7.11. The topological polar surface area (TPSA) is 12.0 Å². The van der Waals surface area contributed by atoms with Crippen molar-refractivity contribution >= 4 is 17.0 Å². The van der Waals surface area contributed by atoms with Crippen molar-refractivity contribution < 1.29 is 13.2 Å². The van der Waals surface area contributed by atoms with Crippen LogP contribution in [0, 0.1) is 13.8 Å². The lowest BCUT2D eigenvalue weighted by Crippen LogP contribution is -2.08. The van der Waals surface area contributed by atoms with Crippen molar-refractivity contribution in [3.63, 3.8) is 0 Å². The first-order valence-electron chi connectivity index (χ1n) is 5.83. The molecule has 0 bridgehead atoms. The van der Waals surface area contributed by atoms with E-state index in [-0.39, 0.29) is 5.56 Å². The fourth-order valence-electron chi connectivity index (χ4n) is 1.81. The maximum atomic E-state index is 12.8. The normalized spacial score (nSPS) is 11.6. The smallest absolute Gasteiger partial charge is 0.380 e. The van der Waals surface area contributed by atoms with Crippen LogP contribution in [0.15, 0.2) is 30.3 Å². The molecule has 0 spiro atoms. The fourth-order valence-corrected chi connectivity index (χ4v) is 2.64. The van der Waals surface area contributed by atoms with E-state index in [0.29, 0.717) is 12.2 Å². The molecule has 19 heavy (non-hydrogen) atoms. The van der Waals surface area contributed by atoms with Gasteiger partial charge in [0.05, 0.1) is 5.56 Å². The van der Waals surface area contributed by atoms with E-state index in [2.05, 4.69) is 5.32 Å². The molecule has 0 saturated carbocycles. The Hall–Kier alpha value is -1.49. The molecule has 0 aliphatic rings. The van der Waals surface area contributed by atoms with Crippen LogP contribution in [0.2, 0.25) is 0 Å². The van der Waals surface area contributed by atoms with Crippen LogP contribution >= 0.6 is 11.3 Å². The first kappa shape index (κ1) is 13.9. The molecular formula is C14H14F3NS. The molecule has 5 heteroatoms. The van der Waals surface area contributed by atoms with Gasteiger partial charge in [0.25, 0.3) is 0 Å². The van der Waals surface area contributed by atoms with Crippen molar-refractivity contribution in [3.8, 4) is 0 Å². The summed E-state index contributed by atoms with van der Waals surface area (Å²) in [6.45, 7) is 4.01. The molecule has 102 valence electrons. The summed E-state index contributed by atoms with van der Waals surface area (Å²) in [5, 5.41) is 3.02. The first-order chi connectivity index (χ1) is 8.86. The summed E-state index contributed by atoms with van der Waals surface area (Å²) in [4.78, 5) is 2.29. The summed E-state index contributed by atoms with van der Waals surface area (Å²) in [6.07, 6.45) is -4.30. The van der Waals surface area contributed by atoms with Crippen LogP contribution < -0.4 is 5.32 Å². The van der Waals surface area contributed by atoms with E-state index < -0.39 is 11.7 Å². The molecule has 1 aromatic heterocycles. The predicted molar refractivity (Wildman–Crippen MR) is 72.6 cm³/mol. The molecule has 0 atom stereocenters. The molecule has 0 aliphatic carbocycles. The number of nitrogens with one attached hydrogen (secondary N) is 1. The second kappa shape index (κ2) is 5.25. The minimum Gasteiger partial charge on any atom is -0.380 e. The summed E-state index contributed by atoms with van der Waals surface area (Å²) in [6, 6.07) is 8.30. The zero-order valence-electron chi connectivity index (χ0n) is 10.6. The lowest BCUT2D eigenvalue weighted by Gasteiger charge is -2.13. The van der Waals surface area contributed by atoms with E-state index in [9.17, 15) is 13.2 Å². The number of rotatable bonds is 3. The van der Waals surface area contributed by atoms with Gasteiger partial charge in [-0.3, -0.25) is 0 Å². The van der Waals surface area contributed by atoms with Gasteiger partial charge in [0.1, 0.15) is 0 Å². The quantitative estimate of drug-likeness (QED) is 0.837. The second-order valence-corrected chi connectivity index (χ2v) is 5.77. The second-order valence-electron chi connectivity index (χ2n) is 4.39. The van der Waals surface area contributed by atoms with E-state index in [1.807, 2.05) is 19.1 Å². The highest BCUT2D eigenvalue weighted by Crippen LogP contribution is 2.33. The Morgan fingerprint density at radius 2 is 1.84 bits per heavy atom. The van der Waals surface area contributed by atoms with Crippen LogP contribution in [0.4, 0.5) is 18.9 Å². The lowest BCUT2D eigenvalue weighted by atomic mass is 10.1. The number of hydrogen-bond donors (Lipinski definition) is 1. The van der Waals surface area contributed by atoms with Crippen molar-refractivity contribution in [2.24, 2.45) is 0 Å². The van der Waals surface area contributed by atoms with Crippen molar-refractivity contribution in [1.82, 2.24) is 0 Å². The van der Waals surface area contributed by atoms with Crippen LogP contribution in [0.3, 0.4) is 0 Å². The Kier molecular flexibility index (Phi) is 3.85. The Bertz CT molecular complexity index is 572. The van der Waals surface area contributed by atoms with Crippen LogP contribution in [-0.4, -0.2) is 0 Å². The third-order valence-corrected chi connectivity index (χ3v) is 3.81. The molecule has 0 unspecified atom stereocenters. The van der Waals surface area contributed by atoms with Crippen molar-refractivity contribution in [2.75, 3.05) is 5.32 Å². The molecule has 2 rings (SSSR count). The van der Waals surface area contributed by atoms with Gasteiger partial charge in [0.2, 0.25) is 0 Å². The zero-order valence-corrected chi connectivity index (χ0v) is 11.5. The van der Waals surface area contributed by atoms with Gasteiger partial charge in [-0.2, -0.15) is 13.2 Å². The number of halogens is 3. The van der Waals surface area contributed by atoms with Gasteiger partial charge in [0.15, 0.2) is 0 Å². The number of aryl methyl sites for hydroxylation is 2. The standard InChI is InChI=1S/C14H14F3NS/c1-9-3-5-11(7-13(9)14(15,16)17)18-8-12-6-4-10(2)19-12/h3-7,18H,8H2,1-2H3. The first-order valence-corrected chi connectivity index (χ1v) is 6.65. The third kappa shape index (κ3) is 3.50. The van der Waals surface area contributed by atoms with Crippen LogP contribution in [0.5, 0.6) is 0 Å². The molecule has 1 nitrogen and oxygen atoms in total. The maximum absolute atomic E-state index is 12.8. The third-order valence-electron chi connectivity index (χ3n) is 2.81. The molecule has 2 aromatic rings. The van der Waals surface area contributed by atoms with Gasteiger partial charge in [0, 0.05) is 22.0 Å². The zero-order chi connectivity index (χ0) is 14.0.